The monoisotopic (exact) mass is 457 g/mol. The molecule has 3 aliphatic rings. The number of fused-ring (bicyclic) bond motifs is 3. The van der Waals surface area contributed by atoms with Gasteiger partial charge in [0.25, 0.3) is 0 Å². The summed E-state index contributed by atoms with van der Waals surface area (Å²) in [5, 5.41) is 0.489. The zero-order valence-corrected chi connectivity index (χ0v) is 17.9. The van der Waals surface area contributed by atoms with Crippen LogP contribution in [0.25, 0.3) is 0 Å². The van der Waals surface area contributed by atoms with Crippen LogP contribution in [0.3, 0.4) is 0 Å². The van der Waals surface area contributed by atoms with Crippen LogP contribution in [0, 0.1) is 11.8 Å². The highest BCUT2D eigenvalue weighted by atomic mass is 35.5. The second kappa shape index (κ2) is 6.94. The molecule has 6 nitrogen and oxygen atoms in total. The molecule has 2 saturated heterocycles. The summed E-state index contributed by atoms with van der Waals surface area (Å²) in [6, 6.07) is 21.6. The van der Waals surface area contributed by atoms with Gasteiger partial charge in [-0.25, -0.2) is 4.90 Å². The van der Waals surface area contributed by atoms with Gasteiger partial charge in [-0.15, -0.1) is 0 Å². The smallest absolute Gasteiger partial charge is 0.241 e. The molecular weight excluding hydrogens is 442 g/mol. The van der Waals surface area contributed by atoms with Gasteiger partial charge in [0.2, 0.25) is 29.0 Å². The maximum Gasteiger partial charge on any atom is 0.241 e. The Morgan fingerprint density at radius 1 is 0.727 bits per heavy atom. The number of hydrogen-bond donors (Lipinski definition) is 0. The Bertz CT molecular complexity index is 1320. The van der Waals surface area contributed by atoms with Crippen molar-refractivity contribution in [3.8, 4) is 0 Å². The third-order valence-electron chi connectivity index (χ3n) is 6.73. The lowest BCUT2D eigenvalue weighted by Crippen LogP contribution is -2.51. The average molecular weight is 458 g/mol. The number of hydrogen-bond acceptors (Lipinski definition) is 5. The SMILES string of the molecule is O=C1[C@H]2[C@@H](c3ccc(Cl)cc3)OC3(C(=O)c4ccccc4C3=O)[C@@H]2C(=O)N1c1ccccc1. The number of para-hydroxylation sites is 1. The largest absolute Gasteiger partial charge is 0.349 e. The van der Waals surface area contributed by atoms with Gasteiger partial charge in [-0.2, -0.15) is 0 Å². The van der Waals surface area contributed by atoms with E-state index < -0.39 is 46.9 Å². The van der Waals surface area contributed by atoms with Gasteiger partial charge in [-0.3, -0.25) is 19.2 Å². The third-order valence-corrected chi connectivity index (χ3v) is 6.98. The number of rotatable bonds is 2. The van der Waals surface area contributed by atoms with E-state index in [4.69, 9.17) is 16.3 Å². The molecule has 1 spiro atoms. The van der Waals surface area contributed by atoms with Crippen molar-refractivity contribution in [2.75, 3.05) is 4.90 Å². The van der Waals surface area contributed by atoms with Crippen LogP contribution in [-0.4, -0.2) is 29.0 Å². The third kappa shape index (κ3) is 2.53. The van der Waals surface area contributed by atoms with E-state index in [1.54, 1.807) is 78.9 Å². The Labute approximate surface area is 193 Å². The van der Waals surface area contributed by atoms with Crippen LogP contribution in [-0.2, 0) is 14.3 Å². The van der Waals surface area contributed by atoms with E-state index in [-0.39, 0.29) is 11.1 Å². The summed E-state index contributed by atoms with van der Waals surface area (Å²) in [5.41, 5.74) is -0.705. The normalized spacial score (nSPS) is 25.1. The number of Topliss-reactive ketones (excluding diaryl/α,β-unsaturated/α-hetero) is 2. The van der Waals surface area contributed by atoms with Gasteiger partial charge in [-0.05, 0) is 29.8 Å². The number of ether oxygens (including phenoxy) is 1. The maximum atomic E-state index is 13.7. The van der Waals surface area contributed by atoms with Crippen LogP contribution in [0.5, 0.6) is 0 Å². The standard InChI is InChI=1S/C26H16ClNO5/c27-15-12-10-14(11-13-15)21-19-20(25(32)28(24(19)31)16-6-2-1-3-7-16)26(33-21)22(29)17-8-4-5-9-18(17)23(26)30/h1-13,19-21H/t19-,20+,21-/m1/s1. The molecule has 2 aliphatic heterocycles. The second-order valence-electron chi connectivity index (χ2n) is 8.38. The molecule has 6 rings (SSSR count). The number of carbonyl (C=O) groups excluding carboxylic acids is 4. The summed E-state index contributed by atoms with van der Waals surface area (Å²) >= 11 is 6.03. The molecule has 33 heavy (non-hydrogen) atoms. The minimum absolute atomic E-state index is 0.205. The summed E-state index contributed by atoms with van der Waals surface area (Å²) in [6.07, 6.45) is -0.959. The molecule has 0 saturated carbocycles. The van der Waals surface area contributed by atoms with E-state index in [0.717, 1.165) is 4.90 Å². The van der Waals surface area contributed by atoms with Crippen LogP contribution < -0.4 is 4.90 Å². The molecule has 0 unspecified atom stereocenters. The van der Waals surface area contributed by atoms with Gasteiger partial charge in [-0.1, -0.05) is 66.2 Å². The van der Waals surface area contributed by atoms with Gasteiger partial charge in [0.05, 0.1) is 23.6 Å². The fraction of sp³-hybridized carbons (Fsp3) is 0.154. The highest BCUT2D eigenvalue weighted by Gasteiger charge is 2.74. The van der Waals surface area contributed by atoms with Crippen molar-refractivity contribution in [1.82, 2.24) is 0 Å². The maximum absolute atomic E-state index is 13.7. The predicted molar refractivity (Wildman–Crippen MR) is 119 cm³/mol. The number of benzene rings is 3. The van der Waals surface area contributed by atoms with Crippen LogP contribution >= 0.6 is 11.6 Å². The topological polar surface area (TPSA) is 80.8 Å². The van der Waals surface area contributed by atoms with Crippen LogP contribution in [0.2, 0.25) is 5.02 Å². The van der Waals surface area contributed by atoms with Gasteiger partial charge in [0, 0.05) is 16.1 Å². The molecule has 2 heterocycles. The molecule has 162 valence electrons. The van der Waals surface area contributed by atoms with Crippen molar-refractivity contribution in [3.05, 3.63) is 101 Å². The van der Waals surface area contributed by atoms with Crippen molar-refractivity contribution in [2.45, 2.75) is 11.7 Å². The fourth-order valence-electron chi connectivity index (χ4n) is 5.30. The number of ketones is 2. The number of nitrogens with zero attached hydrogens (tertiary/aromatic N) is 1. The van der Waals surface area contributed by atoms with Gasteiger partial charge < -0.3 is 4.74 Å². The lowest BCUT2D eigenvalue weighted by Gasteiger charge is -2.27. The molecule has 7 heteroatoms. The summed E-state index contributed by atoms with van der Waals surface area (Å²) < 4.78 is 6.22. The Morgan fingerprint density at radius 2 is 1.30 bits per heavy atom. The number of imide groups is 1. The quantitative estimate of drug-likeness (QED) is 0.428. The van der Waals surface area contributed by atoms with Gasteiger partial charge >= 0.3 is 0 Å². The Hall–Kier alpha value is -3.61. The first kappa shape index (κ1) is 20.0. The van der Waals surface area contributed by atoms with Crippen LogP contribution in [0.1, 0.15) is 32.4 Å². The molecule has 1 aliphatic carbocycles. The minimum atomic E-state index is -2.07. The lowest BCUT2D eigenvalue weighted by molar-refractivity contribution is -0.127. The molecule has 0 N–H and O–H groups in total. The summed E-state index contributed by atoms with van der Waals surface area (Å²) in [7, 11) is 0. The van der Waals surface area contributed by atoms with E-state index in [9.17, 15) is 19.2 Å². The summed E-state index contributed by atoms with van der Waals surface area (Å²) in [5.74, 6) is -4.55. The molecule has 0 radical (unpaired) electrons. The first-order valence-corrected chi connectivity index (χ1v) is 10.9. The van der Waals surface area contributed by atoms with Crippen molar-refractivity contribution in [2.24, 2.45) is 11.8 Å². The summed E-state index contributed by atoms with van der Waals surface area (Å²) in [6.45, 7) is 0. The van der Waals surface area contributed by atoms with E-state index >= 15 is 0 Å². The molecule has 3 aromatic rings. The zero-order chi connectivity index (χ0) is 22.9. The Kier molecular flexibility index (Phi) is 4.21. The molecule has 2 fully saturated rings. The highest BCUT2D eigenvalue weighted by molar-refractivity contribution is 6.37. The first-order valence-electron chi connectivity index (χ1n) is 10.5. The fourth-order valence-corrected chi connectivity index (χ4v) is 5.43. The number of halogens is 1. The second-order valence-corrected chi connectivity index (χ2v) is 8.82. The van der Waals surface area contributed by atoms with E-state index in [1.165, 1.54) is 0 Å². The first-order chi connectivity index (χ1) is 15.9. The number of anilines is 1. The van der Waals surface area contributed by atoms with Crippen molar-refractivity contribution >= 4 is 40.7 Å². The molecule has 2 amide bonds. The minimum Gasteiger partial charge on any atom is -0.349 e. The van der Waals surface area contributed by atoms with Gasteiger partial charge in [0.1, 0.15) is 0 Å². The van der Waals surface area contributed by atoms with E-state index in [1.807, 2.05) is 0 Å². The van der Waals surface area contributed by atoms with Gasteiger partial charge in [0.15, 0.2) is 0 Å². The van der Waals surface area contributed by atoms with Crippen molar-refractivity contribution < 1.29 is 23.9 Å². The molecule has 0 bridgehead atoms. The molecular formula is C26H16ClNO5. The zero-order valence-electron chi connectivity index (χ0n) is 17.1. The van der Waals surface area contributed by atoms with E-state index in [0.29, 0.717) is 16.3 Å². The van der Waals surface area contributed by atoms with Crippen LogP contribution in [0.4, 0.5) is 5.69 Å². The number of amides is 2. The highest BCUT2D eigenvalue weighted by Crippen LogP contribution is 2.57. The van der Waals surface area contributed by atoms with Crippen molar-refractivity contribution in [1.29, 1.82) is 0 Å². The van der Waals surface area contributed by atoms with Crippen molar-refractivity contribution in [3.63, 3.8) is 0 Å². The Balaban J connectivity index is 1.55. The lowest BCUT2D eigenvalue weighted by atomic mass is 9.77. The molecule has 3 aromatic carbocycles. The molecule has 0 aromatic heterocycles. The molecule has 3 atom stereocenters. The average Bonchev–Trinajstić information content (AvgIpc) is 3.40. The Morgan fingerprint density at radius 3 is 1.91 bits per heavy atom. The summed E-state index contributed by atoms with van der Waals surface area (Å²) in [4.78, 5) is 55.8. The van der Waals surface area contributed by atoms with E-state index in [2.05, 4.69) is 0 Å². The number of carbonyl (C=O) groups is 4. The predicted octanol–water partition coefficient (Wildman–Crippen LogP) is 4.04. The van der Waals surface area contributed by atoms with Crippen LogP contribution in [0.15, 0.2) is 78.9 Å².